The molecule has 2 N–H and O–H groups in total. The summed E-state index contributed by atoms with van der Waals surface area (Å²) in [5.74, 6) is 1.47. The standard InChI is InChI=1S/C25H29N7O2/c1-15(2)31-24(33)20-14-27-25(28-19-9-8-17-10-11-26-13-18(17)12-19)30-23(20)32(31)21-6-5-7-22(29-21)34-16(3)4/h5-9,12,14-16,26H,10-11,13H2,1-4H3,(H,27,28,30). The minimum Gasteiger partial charge on any atom is -0.475 e. The summed E-state index contributed by atoms with van der Waals surface area (Å²) in [6.07, 6.45) is 2.60. The van der Waals surface area contributed by atoms with Gasteiger partial charge in [0, 0.05) is 30.5 Å². The third kappa shape index (κ3) is 4.14. The molecule has 4 heterocycles. The summed E-state index contributed by atoms with van der Waals surface area (Å²) in [5.41, 5.74) is 3.87. The molecule has 0 spiro atoms. The summed E-state index contributed by atoms with van der Waals surface area (Å²) in [4.78, 5) is 27.0. The van der Waals surface area contributed by atoms with Crippen LogP contribution in [0.25, 0.3) is 16.9 Å². The fourth-order valence-electron chi connectivity index (χ4n) is 4.26. The van der Waals surface area contributed by atoms with Crippen LogP contribution in [0.1, 0.15) is 44.9 Å². The normalized spacial score (nSPS) is 13.5. The van der Waals surface area contributed by atoms with E-state index in [4.69, 9.17) is 9.72 Å². The molecule has 176 valence electrons. The number of hydrogen-bond acceptors (Lipinski definition) is 7. The summed E-state index contributed by atoms with van der Waals surface area (Å²) in [6, 6.07) is 11.7. The predicted molar refractivity (Wildman–Crippen MR) is 132 cm³/mol. The molecule has 0 bridgehead atoms. The van der Waals surface area contributed by atoms with Gasteiger partial charge in [-0.3, -0.25) is 4.79 Å². The summed E-state index contributed by atoms with van der Waals surface area (Å²) in [7, 11) is 0. The lowest BCUT2D eigenvalue weighted by Crippen LogP contribution is -2.24. The zero-order valence-electron chi connectivity index (χ0n) is 19.9. The van der Waals surface area contributed by atoms with Gasteiger partial charge in [-0.2, -0.15) is 9.97 Å². The van der Waals surface area contributed by atoms with E-state index in [1.165, 1.54) is 11.1 Å². The molecule has 4 aromatic rings. The molecule has 0 saturated heterocycles. The molecule has 1 aliphatic heterocycles. The van der Waals surface area contributed by atoms with Gasteiger partial charge in [0.25, 0.3) is 5.56 Å². The maximum Gasteiger partial charge on any atom is 0.278 e. The number of pyridine rings is 1. The van der Waals surface area contributed by atoms with Gasteiger partial charge in [0.05, 0.1) is 6.10 Å². The van der Waals surface area contributed by atoms with E-state index in [0.717, 1.165) is 25.2 Å². The van der Waals surface area contributed by atoms with E-state index in [-0.39, 0.29) is 17.7 Å². The molecule has 0 unspecified atom stereocenters. The Balaban J connectivity index is 1.60. The van der Waals surface area contributed by atoms with E-state index in [1.807, 2.05) is 45.9 Å². The zero-order valence-corrected chi connectivity index (χ0v) is 19.9. The van der Waals surface area contributed by atoms with Crippen LogP contribution in [0.3, 0.4) is 0 Å². The minimum absolute atomic E-state index is 0.0126. The summed E-state index contributed by atoms with van der Waals surface area (Å²) < 4.78 is 9.18. The Bertz CT molecular complexity index is 1400. The molecule has 34 heavy (non-hydrogen) atoms. The number of nitrogens with one attached hydrogen (secondary N) is 2. The molecule has 1 aliphatic rings. The minimum atomic E-state index is -0.159. The van der Waals surface area contributed by atoms with Crippen LogP contribution in [0.2, 0.25) is 0 Å². The molecule has 0 atom stereocenters. The van der Waals surface area contributed by atoms with Crippen molar-refractivity contribution in [1.29, 1.82) is 0 Å². The van der Waals surface area contributed by atoms with Gasteiger partial charge in [-0.05, 0) is 70.0 Å². The van der Waals surface area contributed by atoms with Crippen molar-refractivity contribution in [2.24, 2.45) is 0 Å². The Morgan fingerprint density at radius 1 is 1.09 bits per heavy atom. The van der Waals surface area contributed by atoms with E-state index < -0.39 is 0 Å². The van der Waals surface area contributed by atoms with Gasteiger partial charge in [-0.25, -0.2) is 14.3 Å². The lowest BCUT2D eigenvalue weighted by atomic mass is 10.0. The van der Waals surface area contributed by atoms with Gasteiger partial charge in [-0.1, -0.05) is 12.1 Å². The third-order valence-corrected chi connectivity index (χ3v) is 5.74. The van der Waals surface area contributed by atoms with Gasteiger partial charge in [-0.15, -0.1) is 0 Å². The second kappa shape index (κ2) is 8.90. The summed E-state index contributed by atoms with van der Waals surface area (Å²) >= 11 is 0. The number of ether oxygens (including phenoxy) is 1. The Labute approximate surface area is 197 Å². The smallest absolute Gasteiger partial charge is 0.278 e. The van der Waals surface area contributed by atoms with Crippen molar-refractivity contribution in [1.82, 2.24) is 29.6 Å². The van der Waals surface area contributed by atoms with E-state index in [1.54, 1.807) is 21.6 Å². The average molecular weight is 460 g/mol. The van der Waals surface area contributed by atoms with Crippen molar-refractivity contribution in [3.05, 3.63) is 64.1 Å². The Morgan fingerprint density at radius 3 is 2.74 bits per heavy atom. The van der Waals surface area contributed by atoms with Crippen molar-refractivity contribution < 1.29 is 4.74 Å². The molecule has 0 radical (unpaired) electrons. The van der Waals surface area contributed by atoms with Crippen molar-refractivity contribution >= 4 is 22.7 Å². The highest BCUT2D eigenvalue weighted by Gasteiger charge is 2.20. The fraction of sp³-hybridized carbons (Fsp3) is 0.360. The quantitative estimate of drug-likeness (QED) is 0.453. The average Bonchev–Trinajstić information content (AvgIpc) is 3.11. The summed E-state index contributed by atoms with van der Waals surface area (Å²) in [6.45, 7) is 9.66. The highest BCUT2D eigenvalue weighted by atomic mass is 16.5. The van der Waals surface area contributed by atoms with E-state index in [0.29, 0.717) is 28.7 Å². The van der Waals surface area contributed by atoms with Crippen LogP contribution in [-0.4, -0.2) is 37.0 Å². The first-order valence-electron chi connectivity index (χ1n) is 11.6. The van der Waals surface area contributed by atoms with Crippen LogP contribution < -0.4 is 20.9 Å². The van der Waals surface area contributed by atoms with E-state index in [9.17, 15) is 4.79 Å². The second-order valence-corrected chi connectivity index (χ2v) is 9.02. The fourth-order valence-corrected chi connectivity index (χ4v) is 4.26. The topological polar surface area (TPSA) is 98.9 Å². The van der Waals surface area contributed by atoms with Crippen molar-refractivity contribution in [2.45, 2.75) is 52.8 Å². The van der Waals surface area contributed by atoms with Crippen LogP contribution in [-0.2, 0) is 13.0 Å². The third-order valence-electron chi connectivity index (χ3n) is 5.74. The van der Waals surface area contributed by atoms with Crippen LogP contribution in [0.4, 0.5) is 11.6 Å². The molecule has 3 aromatic heterocycles. The van der Waals surface area contributed by atoms with Gasteiger partial charge in [0.1, 0.15) is 5.39 Å². The highest BCUT2D eigenvalue weighted by molar-refractivity contribution is 5.77. The predicted octanol–water partition coefficient (Wildman–Crippen LogP) is 3.73. The maximum atomic E-state index is 13.2. The van der Waals surface area contributed by atoms with Crippen molar-refractivity contribution in [3.63, 3.8) is 0 Å². The molecule has 9 nitrogen and oxygen atoms in total. The van der Waals surface area contributed by atoms with E-state index in [2.05, 4.69) is 32.7 Å². The molecule has 0 amide bonds. The lowest BCUT2D eigenvalue weighted by molar-refractivity contribution is 0.232. The molecule has 1 aromatic carbocycles. The Hall–Kier alpha value is -3.72. The molecule has 0 fully saturated rings. The first-order chi connectivity index (χ1) is 16.4. The molecular formula is C25H29N7O2. The Morgan fingerprint density at radius 2 is 1.94 bits per heavy atom. The number of hydrogen-bond donors (Lipinski definition) is 2. The highest BCUT2D eigenvalue weighted by Crippen LogP contribution is 2.23. The van der Waals surface area contributed by atoms with Crippen LogP contribution in [0.15, 0.2) is 47.4 Å². The van der Waals surface area contributed by atoms with Gasteiger partial charge in [0.15, 0.2) is 11.5 Å². The SMILES string of the molecule is CC(C)Oc1cccc(-n2c3nc(Nc4ccc5c(c4)CNCC5)ncc3c(=O)n2C(C)C)n1. The van der Waals surface area contributed by atoms with Gasteiger partial charge >= 0.3 is 0 Å². The molecular weight excluding hydrogens is 430 g/mol. The molecule has 0 aliphatic carbocycles. The molecule has 9 heteroatoms. The number of anilines is 2. The van der Waals surface area contributed by atoms with Crippen molar-refractivity contribution in [3.8, 4) is 11.7 Å². The first-order valence-corrected chi connectivity index (χ1v) is 11.6. The van der Waals surface area contributed by atoms with E-state index >= 15 is 0 Å². The van der Waals surface area contributed by atoms with Crippen molar-refractivity contribution in [2.75, 3.05) is 11.9 Å². The monoisotopic (exact) mass is 459 g/mol. The molecule has 0 saturated carbocycles. The first kappa shape index (κ1) is 22.1. The lowest BCUT2D eigenvalue weighted by Gasteiger charge is -2.18. The van der Waals surface area contributed by atoms with Crippen LogP contribution in [0.5, 0.6) is 5.88 Å². The number of nitrogens with zero attached hydrogens (tertiary/aromatic N) is 5. The molecule has 5 rings (SSSR count). The Kier molecular flexibility index (Phi) is 5.79. The largest absolute Gasteiger partial charge is 0.475 e. The van der Waals surface area contributed by atoms with Crippen LogP contribution in [0, 0.1) is 0 Å². The number of aromatic nitrogens is 5. The number of fused-ring (bicyclic) bond motifs is 2. The van der Waals surface area contributed by atoms with Gasteiger partial charge < -0.3 is 15.4 Å². The van der Waals surface area contributed by atoms with Crippen LogP contribution >= 0.6 is 0 Å². The maximum absolute atomic E-state index is 13.2. The summed E-state index contributed by atoms with van der Waals surface area (Å²) in [5, 5.41) is 7.14. The number of rotatable bonds is 6. The second-order valence-electron chi connectivity index (χ2n) is 9.02. The van der Waals surface area contributed by atoms with Gasteiger partial charge in [0.2, 0.25) is 11.8 Å². The number of benzene rings is 1. The zero-order chi connectivity index (χ0) is 23.8.